The standard InChI is InChI=1S/C12H13NO/c1-10(14)12(7-8-13)9-11-5-3-2-4-6-11/h2-6,12H,7,9H2,1H3. The molecule has 14 heavy (non-hydrogen) atoms. The van der Waals surface area contributed by atoms with Crippen molar-refractivity contribution in [3.63, 3.8) is 0 Å². The number of rotatable bonds is 4. The molecular weight excluding hydrogens is 174 g/mol. The van der Waals surface area contributed by atoms with Crippen LogP contribution in [0.1, 0.15) is 18.9 Å². The van der Waals surface area contributed by atoms with Gasteiger partial charge in [-0.05, 0) is 18.9 Å². The Kier molecular flexibility index (Phi) is 3.87. The number of benzene rings is 1. The van der Waals surface area contributed by atoms with E-state index in [1.54, 1.807) is 6.92 Å². The Morgan fingerprint density at radius 2 is 2.07 bits per heavy atom. The average molecular weight is 187 g/mol. The number of hydrogen-bond donors (Lipinski definition) is 0. The van der Waals surface area contributed by atoms with Gasteiger partial charge in [0.15, 0.2) is 0 Å². The first kappa shape index (κ1) is 10.5. The maximum Gasteiger partial charge on any atom is 0.134 e. The molecule has 0 saturated heterocycles. The monoisotopic (exact) mass is 187 g/mol. The number of nitriles is 1. The van der Waals surface area contributed by atoms with Crippen LogP contribution in [0.15, 0.2) is 30.3 Å². The lowest BCUT2D eigenvalue weighted by molar-refractivity contribution is -0.120. The molecule has 1 unspecified atom stereocenters. The van der Waals surface area contributed by atoms with Gasteiger partial charge in [0.25, 0.3) is 0 Å². The van der Waals surface area contributed by atoms with E-state index in [0.717, 1.165) is 5.56 Å². The number of hydrogen-bond acceptors (Lipinski definition) is 2. The van der Waals surface area contributed by atoms with Crippen LogP contribution in [0.25, 0.3) is 0 Å². The van der Waals surface area contributed by atoms with E-state index in [1.165, 1.54) is 0 Å². The molecule has 0 fully saturated rings. The first-order chi connectivity index (χ1) is 6.74. The molecule has 0 spiro atoms. The second-order valence-electron chi connectivity index (χ2n) is 3.36. The van der Waals surface area contributed by atoms with Gasteiger partial charge < -0.3 is 0 Å². The molecule has 0 bridgehead atoms. The normalized spacial score (nSPS) is 11.7. The van der Waals surface area contributed by atoms with Crippen molar-refractivity contribution in [3.8, 4) is 6.07 Å². The van der Waals surface area contributed by atoms with Gasteiger partial charge in [0.2, 0.25) is 0 Å². The highest BCUT2D eigenvalue weighted by Crippen LogP contribution is 2.12. The molecule has 1 atom stereocenters. The minimum Gasteiger partial charge on any atom is -0.300 e. The zero-order valence-corrected chi connectivity index (χ0v) is 8.23. The van der Waals surface area contributed by atoms with E-state index in [-0.39, 0.29) is 11.7 Å². The molecule has 72 valence electrons. The van der Waals surface area contributed by atoms with E-state index >= 15 is 0 Å². The minimum atomic E-state index is -0.151. The van der Waals surface area contributed by atoms with Crippen molar-refractivity contribution < 1.29 is 4.79 Å². The molecule has 2 heteroatoms. The number of nitrogens with zero attached hydrogens (tertiary/aromatic N) is 1. The van der Waals surface area contributed by atoms with Crippen LogP contribution >= 0.6 is 0 Å². The van der Waals surface area contributed by atoms with Gasteiger partial charge in [0.05, 0.1) is 6.07 Å². The Hall–Kier alpha value is -1.62. The topological polar surface area (TPSA) is 40.9 Å². The summed E-state index contributed by atoms with van der Waals surface area (Å²) in [6.45, 7) is 1.55. The largest absolute Gasteiger partial charge is 0.300 e. The quantitative estimate of drug-likeness (QED) is 0.726. The molecule has 0 aliphatic carbocycles. The van der Waals surface area contributed by atoms with Crippen molar-refractivity contribution in [3.05, 3.63) is 35.9 Å². The van der Waals surface area contributed by atoms with Crippen molar-refractivity contribution in [2.45, 2.75) is 19.8 Å². The first-order valence-corrected chi connectivity index (χ1v) is 4.65. The molecule has 0 aliphatic heterocycles. The summed E-state index contributed by atoms with van der Waals surface area (Å²) in [5.74, 6) is -0.0576. The highest BCUT2D eigenvalue weighted by atomic mass is 16.1. The van der Waals surface area contributed by atoms with Gasteiger partial charge in [-0.2, -0.15) is 5.26 Å². The lowest BCUT2D eigenvalue weighted by Crippen LogP contribution is -2.13. The molecule has 1 rings (SSSR count). The zero-order chi connectivity index (χ0) is 10.4. The second-order valence-corrected chi connectivity index (χ2v) is 3.36. The van der Waals surface area contributed by atoms with Crippen molar-refractivity contribution in [1.82, 2.24) is 0 Å². The molecule has 0 amide bonds. The van der Waals surface area contributed by atoms with Crippen molar-refractivity contribution in [1.29, 1.82) is 5.26 Å². The molecule has 0 N–H and O–H groups in total. The molecule has 0 aliphatic rings. The third-order valence-electron chi connectivity index (χ3n) is 2.24. The van der Waals surface area contributed by atoms with Gasteiger partial charge in [-0.15, -0.1) is 0 Å². The number of carbonyl (C=O) groups is 1. The van der Waals surface area contributed by atoms with E-state index in [4.69, 9.17) is 5.26 Å². The Bertz CT molecular complexity index is 337. The predicted molar refractivity (Wildman–Crippen MR) is 54.5 cm³/mol. The fraction of sp³-hybridized carbons (Fsp3) is 0.333. The maximum absolute atomic E-state index is 11.2. The van der Waals surface area contributed by atoms with Gasteiger partial charge >= 0.3 is 0 Å². The fourth-order valence-corrected chi connectivity index (χ4v) is 1.37. The summed E-state index contributed by atoms with van der Waals surface area (Å²) in [7, 11) is 0. The summed E-state index contributed by atoms with van der Waals surface area (Å²) < 4.78 is 0. The maximum atomic E-state index is 11.2. The summed E-state index contributed by atoms with van der Waals surface area (Å²) in [4.78, 5) is 11.2. The van der Waals surface area contributed by atoms with E-state index in [0.29, 0.717) is 12.8 Å². The minimum absolute atomic E-state index is 0.0930. The third kappa shape index (κ3) is 3.02. The molecule has 0 aromatic heterocycles. The second kappa shape index (κ2) is 5.18. The van der Waals surface area contributed by atoms with Gasteiger partial charge in [-0.1, -0.05) is 30.3 Å². The lowest BCUT2D eigenvalue weighted by atomic mass is 9.93. The van der Waals surface area contributed by atoms with E-state index in [9.17, 15) is 4.79 Å². The van der Waals surface area contributed by atoms with E-state index < -0.39 is 0 Å². The number of ketones is 1. The van der Waals surface area contributed by atoms with Crippen LogP contribution < -0.4 is 0 Å². The van der Waals surface area contributed by atoms with Crippen LogP contribution in [0.3, 0.4) is 0 Å². The smallest absolute Gasteiger partial charge is 0.134 e. The molecule has 0 radical (unpaired) electrons. The lowest BCUT2D eigenvalue weighted by Gasteiger charge is -2.09. The third-order valence-corrected chi connectivity index (χ3v) is 2.24. The SMILES string of the molecule is CC(=O)C(CC#N)Cc1ccccc1. The molecule has 0 saturated carbocycles. The molecular formula is C12H13NO. The van der Waals surface area contributed by atoms with Crippen LogP contribution in [-0.2, 0) is 11.2 Å². The highest BCUT2D eigenvalue weighted by molar-refractivity contribution is 5.78. The zero-order valence-electron chi connectivity index (χ0n) is 8.23. The number of carbonyl (C=O) groups excluding carboxylic acids is 1. The Morgan fingerprint density at radius 3 is 2.57 bits per heavy atom. The first-order valence-electron chi connectivity index (χ1n) is 4.65. The Labute approximate surface area is 84.2 Å². The molecule has 1 aromatic rings. The predicted octanol–water partition coefficient (Wildman–Crippen LogP) is 2.35. The Morgan fingerprint density at radius 1 is 1.43 bits per heavy atom. The summed E-state index contributed by atoms with van der Waals surface area (Å²) in [6.07, 6.45) is 0.980. The van der Waals surface area contributed by atoms with Crippen LogP contribution in [-0.4, -0.2) is 5.78 Å². The summed E-state index contributed by atoms with van der Waals surface area (Å²) in [6, 6.07) is 11.8. The van der Waals surface area contributed by atoms with Crippen LogP contribution in [0.5, 0.6) is 0 Å². The van der Waals surface area contributed by atoms with E-state index in [2.05, 4.69) is 0 Å². The van der Waals surface area contributed by atoms with Gasteiger partial charge in [0, 0.05) is 12.3 Å². The van der Waals surface area contributed by atoms with Crippen molar-refractivity contribution in [2.24, 2.45) is 5.92 Å². The Balaban J connectivity index is 2.66. The molecule has 2 nitrogen and oxygen atoms in total. The van der Waals surface area contributed by atoms with Crippen molar-refractivity contribution in [2.75, 3.05) is 0 Å². The molecule has 0 heterocycles. The number of Topliss-reactive ketones (excluding diaryl/α,β-unsaturated/α-hetero) is 1. The van der Waals surface area contributed by atoms with Gasteiger partial charge in [-0.3, -0.25) is 4.79 Å². The highest BCUT2D eigenvalue weighted by Gasteiger charge is 2.13. The summed E-state index contributed by atoms with van der Waals surface area (Å²) in [5, 5.41) is 8.56. The van der Waals surface area contributed by atoms with Gasteiger partial charge in [0.1, 0.15) is 5.78 Å². The van der Waals surface area contributed by atoms with Crippen LogP contribution in [0, 0.1) is 17.2 Å². The fourth-order valence-electron chi connectivity index (χ4n) is 1.37. The average Bonchev–Trinajstić information content (AvgIpc) is 2.18. The van der Waals surface area contributed by atoms with Crippen molar-refractivity contribution >= 4 is 5.78 Å². The van der Waals surface area contributed by atoms with Gasteiger partial charge in [-0.25, -0.2) is 0 Å². The van der Waals surface area contributed by atoms with Crippen LogP contribution in [0.4, 0.5) is 0 Å². The van der Waals surface area contributed by atoms with E-state index in [1.807, 2.05) is 36.4 Å². The molecule has 1 aromatic carbocycles. The summed E-state index contributed by atoms with van der Waals surface area (Å²) >= 11 is 0. The van der Waals surface area contributed by atoms with Crippen LogP contribution in [0.2, 0.25) is 0 Å². The summed E-state index contributed by atoms with van der Waals surface area (Å²) in [5.41, 5.74) is 1.11.